The molecule has 7 nitrogen and oxygen atoms in total. The van der Waals surface area contributed by atoms with Gasteiger partial charge in [0.2, 0.25) is 0 Å². The summed E-state index contributed by atoms with van der Waals surface area (Å²) in [5.74, 6) is 0.522. The van der Waals surface area contributed by atoms with Crippen LogP contribution in [-0.2, 0) is 17.7 Å². The molecule has 7 heteroatoms. The molecule has 0 unspecified atom stereocenters. The number of hydrogen-bond donors (Lipinski definition) is 1. The largest absolute Gasteiger partial charge is 0.383 e. The van der Waals surface area contributed by atoms with Crippen molar-refractivity contribution in [3.8, 4) is 11.3 Å². The zero-order valence-electron chi connectivity index (χ0n) is 16.6. The molecule has 3 aliphatic heterocycles. The van der Waals surface area contributed by atoms with Crippen molar-refractivity contribution in [2.24, 2.45) is 5.92 Å². The highest BCUT2D eigenvalue weighted by molar-refractivity contribution is 5.99. The van der Waals surface area contributed by atoms with Gasteiger partial charge in [-0.2, -0.15) is 5.10 Å². The lowest BCUT2D eigenvalue weighted by Gasteiger charge is -2.32. The average Bonchev–Trinajstić information content (AvgIpc) is 3.13. The van der Waals surface area contributed by atoms with Crippen LogP contribution in [0.1, 0.15) is 28.8 Å². The summed E-state index contributed by atoms with van der Waals surface area (Å²) in [4.78, 5) is 27.2. The summed E-state index contributed by atoms with van der Waals surface area (Å²) in [6.45, 7) is 2.51. The third-order valence-electron chi connectivity index (χ3n) is 5.67. The number of ether oxygens (including phenoxy) is 1. The monoisotopic (exact) mass is 394 g/mol. The Morgan fingerprint density at radius 3 is 2.69 bits per heavy atom. The summed E-state index contributed by atoms with van der Waals surface area (Å²) in [6, 6.07) is 10.5. The Morgan fingerprint density at radius 1 is 1.21 bits per heavy atom. The molecule has 3 aliphatic rings. The van der Waals surface area contributed by atoms with Crippen LogP contribution < -0.4 is 5.56 Å². The molecule has 0 radical (unpaired) electrons. The molecule has 1 fully saturated rings. The minimum atomic E-state index is -0.276. The van der Waals surface area contributed by atoms with E-state index in [1.54, 1.807) is 19.5 Å². The molecule has 4 rings (SSSR count). The van der Waals surface area contributed by atoms with Gasteiger partial charge in [0.25, 0.3) is 11.5 Å². The second kappa shape index (κ2) is 8.61. The van der Waals surface area contributed by atoms with Crippen molar-refractivity contribution < 1.29 is 9.53 Å². The van der Waals surface area contributed by atoms with Crippen LogP contribution in [0.25, 0.3) is 11.3 Å². The molecule has 1 aromatic rings. The summed E-state index contributed by atoms with van der Waals surface area (Å²) >= 11 is 0. The van der Waals surface area contributed by atoms with E-state index in [0.29, 0.717) is 35.9 Å². The molecule has 0 bridgehead atoms. The van der Waals surface area contributed by atoms with E-state index in [1.807, 2.05) is 15.5 Å². The lowest BCUT2D eigenvalue weighted by Crippen LogP contribution is -2.39. The fourth-order valence-electron chi connectivity index (χ4n) is 4.03. The van der Waals surface area contributed by atoms with E-state index < -0.39 is 0 Å². The highest BCUT2D eigenvalue weighted by atomic mass is 16.5. The van der Waals surface area contributed by atoms with Crippen molar-refractivity contribution in [1.29, 1.82) is 0 Å². The standard InChI is InChI=1S/C22H26N4O3/c1-29-12-11-25-14-18-20(23-24-21(18)27)19(15-25)22(28)26-9-7-17(8-10-26)13-16-5-3-2-4-6-16/h2-6,14-15,17H,7-13H2,1H3,(H,24,27). The van der Waals surface area contributed by atoms with Crippen LogP contribution in [-0.4, -0.2) is 52.4 Å². The predicted octanol–water partition coefficient (Wildman–Crippen LogP) is 2.42. The first-order valence-corrected chi connectivity index (χ1v) is 10.1. The third-order valence-corrected chi connectivity index (χ3v) is 5.67. The van der Waals surface area contributed by atoms with Crippen LogP contribution in [0.2, 0.25) is 0 Å². The second-order valence-electron chi connectivity index (χ2n) is 7.64. The van der Waals surface area contributed by atoms with Gasteiger partial charge < -0.3 is 14.2 Å². The second-order valence-corrected chi connectivity index (χ2v) is 7.64. The Kier molecular flexibility index (Phi) is 5.76. The number of benzene rings is 1. The van der Waals surface area contributed by atoms with Gasteiger partial charge in [0, 0.05) is 39.1 Å². The van der Waals surface area contributed by atoms with Crippen LogP contribution >= 0.6 is 0 Å². The molecule has 0 saturated carbocycles. The van der Waals surface area contributed by atoms with Gasteiger partial charge in [-0.3, -0.25) is 9.59 Å². The van der Waals surface area contributed by atoms with E-state index in [4.69, 9.17) is 4.74 Å². The minimum Gasteiger partial charge on any atom is -0.383 e. The number of likely N-dealkylation sites (tertiary alicyclic amines) is 1. The topological polar surface area (TPSA) is 80.2 Å². The molecule has 0 aliphatic carbocycles. The third kappa shape index (κ3) is 4.24. The quantitative estimate of drug-likeness (QED) is 0.696. The summed E-state index contributed by atoms with van der Waals surface area (Å²) in [7, 11) is 1.63. The Balaban J connectivity index is 1.48. The number of carbonyl (C=O) groups is 1. The first-order chi connectivity index (χ1) is 14.2. The molecule has 3 heterocycles. The molecule has 0 spiro atoms. The zero-order valence-corrected chi connectivity index (χ0v) is 16.6. The number of piperidine rings is 1. The maximum atomic E-state index is 13.2. The molecule has 1 N–H and O–H groups in total. The van der Waals surface area contributed by atoms with Gasteiger partial charge >= 0.3 is 0 Å². The van der Waals surface area contributed by atoms with E-state index in [2.05, 4.69) is 34.5 Å². The van der Waals surface area contributed by atoms with Crippen molar-refractivity contribution in [3.63, 3.8) is 0 Å². The molecular weight excluding hydrogens is 368 g/mol. The number of pyridine rings is 1. The number of nitrogens with zero attached hydrogens (tertiary/aromatic N) is 3. The van der Waals surface area contributed by atoms with Gasteiger partial charge in [-0.25, -0.2) is 5.10 Å². The molecule has 0 aromatic heterocycles. The lowest BCUT2D eigenvalue weighted by atomic mass is 9.90. The van der Waals surface area contributed by atoms with E-state index in [0.717, 1.165) is 32.4 Å². The normalized spacial score (nSPS) is 15.1. The molecule has 1 aromatic carbocycles. The number of amides is 1. The zero-order chi connectivity index (χ0) is 20.2. The Morgan fingerprint density at radius 2 is 1.97 bits per heavy atom. The van der Waals surface area contributed by atoms with Crippen molar-refractivity contribution in [3.05, 3.63) is 64.2 Å². The van der Waals surface area contributed by atoms with Gasteiger partial charge in [-0.15, -0.1) is 0 Å². The number of methoxy groups -OCH3 is 1. The fraction of sp³-hybridized carbons (Fsp3) is 0.409. The van der Waals surface area contributed by atoms with Crippen molar-refractivity contribution >= 4 is 5.91 Å². The maximum absolute atomic E-state index is 13.2. The summed E-state index contributed by atoms with van der Waals surface area (Å²) in [6.07, 6.45) is 6.51. The summed E-state index contributed by atoms with van der Waals surface area (Å²) in [5.41, 5.74) is 2.42. The number of aromatic nitrogens is 3. The van der Waals surface area contributed by atoms with Gasteiger partial charge in [-0.05, 0) is 30.7 Å². The minimum absolute atomic E-state index is 0.0635. The molecule has 0 atom stereocenters. The smallest absolute Gasteiger partial charge is 0.275 e. The number of nitrogens with one attached hydrogen (secondary N) is 1. The van der Waals surface area contributed by atoms with Gasteiger partial charge in [0.15, 0.2) is 0 Å². The highest BCUT2D eigenvalue weighted by Crippen LogP contribution is 2.26. The van der Waals surface area contributed by atoms with Gasteiger partial charge in [0.05, 0.1) is 17.7 Å². The van der Waals surface area contributed by atoms with Crippen molar-refractivity contribution in [2.75, 3.05) is 26.8 Å². The van der Waals surface area contributed by atoms with Gasteiger partial charge in [-0.1, -0.05) is 30.3 Å². The van der Waals surface area contributed by atoms with E-state index >= 15 is 0 Å². The molecule has 152 valence electrons. The van der Waals surface area contributed by atoms with Crippen LogP contribution in [0.5, 0.6) is 0 Å². The van der Waals surface area contributed by atoms with E-state index in [-0.39, 0.29) is 11.5 Å². The average molecular weight is 394 g/mol. The molecule has 1 saturated heterocycles. The Bertz CT molecular complexity index is 987. The molecular formula is C22H26N4O3. The van der Waals surface area contributed by atoms with Crippen LogP contribution in [0.3, 0.4) is 0 Å². The van der Waals surface area contributed by atoms with Gasteiger partial charge in [0.1, 0.15) is 5.69 Å². The lowest BCUT2D eigenvalue weighted by molar-refractivity contribution is 0.0690. The predicted molar refractivity (Wildman–Crippen MR) is 110 cm³/mol. The fourth-order valence-corrected chi connectivity index (χ4v) is 4.03. The number of hydrogen-bond acceptors (Lipinski definition) is 4. The first kappa shape index (κ1) is 19.4. The first-order valence-electron chi connectivity index (χ1n) is 10.1. The van der Waals surface area contributed by atoms with Crippen LogP contribution in [0.15, 0.2) is 47.5 Å². The van der Waals surface area contributed by atoms with Crippen molar-refractivity contribution in [2.45, 2.75) is 25.8 Å². The SMILES string of the molecule is COCCn1cc(C(=O)N2CCC(Cc3ccccc3)CC2)c2n[nH]c(=O)c-2c1. The number of rotatable bonds is 6. The molecule has 29 heavy (non-hydrogen) atoms. The summed E-state index contributed by atoms with van der Waals surface area (Å²) < 4.78 is 6.96. The van der Waals surface area contributed by atoms with E-state index in [1.165, 1.54) is 5.56 Å². The number of carbonyl (C=O) groups excluding carboxylic acids is 1. The Hall–Kier alpha value is -2.93. The number of aromatic amines is 1. The highest BCUT2D eigenvalue weighted by Gasteiger charge is 2.28. The molecule has 1 amide bonds. The van der Waals surface area contributed by atoms with Crippen LogP contribution in [0, 0.1) is 5.92 Å². The van der Waals surface area contributed by atoms with Crippen molar-refractivity contribution in [1.82, 2.24) is 19.7 Å². The van der Waals surface area contributed by atoms with Crippen LogP contribution in [0.4, 0.5) is 0 Å². The Labute approximate surface area is 169 Å². The maximum Gasteiger partial charge on any atom is 0.275 e. The van der Waals surface area contributed by atoms with E-state index in [9.17, 15) is 9.59 Å². The number of fused-ring (bicyclic) bond motifs is 1. The summed E-state index contributed by atoms with van der Waals surface area (Å²) in [5, 5.41) is 6.57. The number of H-pyrrole nitrogens is 1.